The van der Waals surface area contributed by atoms with Crippen LogP contribution in [0.15, 0.2) is 36.0 Å². The molecule has 2 heteroatoms. The molecule has 0 aliphatic carbocycles. The topological polar surface area (TPSA) is 35.9 Å². The van der Waals surface area contributed by atoms with E-state index in [0.717, 1.165) is 11.4 Å². The van der Waals surface area contributed by atoms with E-state index in [-0.39, 0.29) is 0 Å². The molecule has 2 N–H and O–H groups in total. The number of allylic oxidation sites excluding steroid dienone is 2. The van der Waals surface area contributed by atoms with Gasteiger partial charge in [-0.1, -0.05) is 17.7 Å². The van der Waals surface area contributed by atoms with Crippen LogP contribution < -0.4 is 5.32 Å². The van der Waals surface area contributed by atoms with Crippen molar-refractivity contribution in [3.8, 4) is 0 Å². The van der Waals surface area contributed by atoms with Crippen LogP contribution in [0.5, 0.6) is 0 Å². The maximum Gasteiger partial charge on any atom is 0.0381 e. The summed E-state index contributed by atoms with van der Waals surface area (Å²) in [5.74, 6) is 0. The molecule has 14 heavy (non-hydrogen) atoms. The van der Waals surface area contributed by atoms with Gasteiger partial charge in [0.05, 0.1) is 0 Å². The number of rotatable bonds is 3. The Morgan fingerprint density at radius 3 is 2.29 bits per heavy atom. The molecule has 0 aliphatic heterocycles. The third-order valence-electron chi connectivity index (χ3n) is 1.83. The number of anilines is 1. The summed E-state index contributed by atoms with van der Waals surface area (Å²) in [4.78, 5) is 0. The van der Waals surface area contributed by atoms with Crippen molar-refractivity contribution in [3.63, 3.8) is 0 Å². The van der Waals surface area contributed by atoms with Crippen molar-refractivity contribution in [2.45, 2.75) is 20.8 Å². The fourth-order valence-electron chi connectivity index (χ4n) is 1.23. The van der Waals surface area contributed by atoms with Gasteiger partial charge in [0.1, 0.15) is 0 Å². The molecule has 1 aromatic carbocycles. The van der Waals surface area contributed by atoms with Crippen molar-refractivity contribution < 1.29 is 0 Å². The molecule has 0 radical (unpaired) electrons. The van der Waals surface area contributed by atoms with Crippen LogP contribution in [0, 0.1) is 12.3 Å². The lowest BCUT2D eigenvalue weighted by Crippen LogP contribution is -1.97. The Balaban J connectivity index is 2.69. The highest BCUT2D eigenvalue weighted by Crippen LogP contribution is 2.10. The maximum absolute atomic E-state index is 7.31. The van der Waals surface area contributed by atoms with Crippen molar-refractivity contribution in [2.24, 2.45) is 0 Å². The molecule has 0 saturated carbocycles. The Labute approximate surface area is 85.2 Å². The first-order valence-electron chi connectivity index (χ1n) is 4.65. The fourth-order valence-corrected chi connectivity index (χ4v) is 1.23. The molecule has 0 saturated heterocycles. The average molecular weight is 188 g/mol. The summed E-state index contributed by atoms with van der Waals surface area (Å²) in [5.41, 5.74) is 3.86. The van der Waals surface area contributed by atoms with Gasteiger partial charge in [0, 0.05) is 17.1 Å². The highest BCUT2D eigenvalue weighted by Gasteiger charge is 1.92. The number of aryl methyl sites for hydroxylation is 1. The van der Waals surface area contributed by atoms with Crippen LogP contribution in [-0.4, -0.2) is 5.71 Å². The van der Waals surface area contributed by atoms with Gasteiger partial charge in [-0.05, 0) is 39.0 Å². The summed E-state index contributed by atoms with van der Waals surface area (Å²) in [7, 11) is 0. The number of hydrogen-bond donors (Lipinski definition) is 2. The van der Waals surface area contributed by atoms with Gasteiger partial charge in [-0.2, -0.15) is 0 Å². The Kier molecular flexibility index (Phi) is 3.46. The van der Waals surface area contributed by atoms with E-state index in [0.29, 0.717) is 5.71 Å². The third-order valence-corrected chi connectivity index (χ3v) is 1.83. The molecular formula is C12H16N2. The molecule has 1 aromatic rings. The van der Waals surface area contributed by atoms with Crippen LogP contribution >= 0.6 is 0 Å². The lowest BCUT2D eigenvalue weighted by molar-refractivity contribution is 1.36. The minimum atomic E-state index is 0.558. The van der Waals surface area contributed by atoms with Gasteiger partial charge >= 0.3 is 0 Å². The summed E-state index contributed by atoms with van der Waals surface area (Å²) in [6, 6.07) is 8.19. The lowest BCUT2D eigenvalue weighted by Gasteiger charge is -2.06. The zero-order valence-electron chi connectivity index (χ0n) is 8.89. The normalized spacial score (nSPS) is 11.2. The number of hydrogen-bond acceptors (Lipinski definition) is 2. The Bertz CT molecular complexity index is 347. The molecule has 1 rings (SSSR count). The van der Waals surface area contributed by atoms with E-state index in [1.807, 2.05) is 19.1 Å². The smallest absolute Gasteiger partial charge is 0.0381 e. The quantitative estimate of drug-likeness (QED) is 0.701. The van der Waals surface area contributed by atoms with Gasteiger partial charge < -0.3 is 10.7 Å². The van der Waals surface area contributed by atoms with E-state index in [9.17, 15) is 0 Å². The molecule has 0 fully saturated rings. The summed E-state index contributed by atoms with van der Waals surface area (Å²) >= 11 is 0. The first-order valence-corrected chi connectivity index (χ1v) is 4.65. The standard InChI is InChI=1S/C12H16N2/c1-9-4-6-12(7-5-9)14-11(3)8-10(2)13/h4-8,13-14H,1-3H3/b11-8-,13-10?. The van der Waals surface area contributed by atoms with Crippen LogP contribution in [-0.2, 0) is 0 Å². The molecule has 74 valence electrons. The highest BCUT2D eigenvalue weighted by atomic mass is 14.9. The maximum atomic E-state index is 7.31. The first kappa shape index (κ1) is 10.5. The van der Waals surface area contributed by atoms with Crippen molar-refractivity contribution in [1.82, 2.24) is 0 Å². The lowest BCUT2D eigenvalue weighted by atomic mass is 10.2. The van der Waals surface area contributed by atoms with Crippen LogP contribution in [0.25, 0.3) is 0 Å². The largest absolute Gasteiger partial charge is 0.359 e. The molecule has 0 aromatic heterocycles. The highest BCUT2D eigenvalue weighted by molar-refractivity contribution is 5.90. The molecule has 2 nitrogen and oxygen atoms in total. The predicted octanol–water partition coefficient (Wildman–Crippen LogP) is 3.35. The van der Waals surface area contributed by atoms with Crippen LogP contribution in [0.1, 0.15) is 19.4 Å². The minimum Gasteiger partial charge on any atom is -0.359 e. The van der Waals surface area contributed by atoms with Gasteiger partial charge in [0.25, 0.3) is 0 Å². The third kappa shape index (κ3) is 3.44. The van der Waals surface area contributed by atoms with E-state index in [4.69, 9.17) is 5.41 Å². The van der Waals surface area contributed by atoms with Crippen LogP contribution in [0.3, 0.4) is 0 Å². The Hall–Kier alpha value is -1.57. The zero-order chi connectivity index (χ0) is 10.6. The molecule has 0 heterocycles. The van der Waals surface area contributed by atoms with Gasteiger partial charge in [-0.25, -0.2) is 0 Å². The molecule has 0 unspecified atom stereocenters. The second-order valence-corrected chi connectivity index (χ2v) is 3.50. The molecule has 0 atom stereocenters. The van der Waals surface area contributed by atoms with Crippen molar-refractivity contribution in [3.05, 3.63) is 41.6 Å². The minimum absolute atomic E-state index is 0.558. The first-order chi connectivity index (χ1) is 6.58. The number of benzene rings is 1. The van der Waals surface area contributed by atoms with E-state index < -0.39 is 0 Å². The van der Waals surface area contributed by atoms with Gasteiger partial charge in [0.2, 0.25) is 0 Å². The monoisotopic (exact) mass is 188 g/mol. The van der Waals surface area contributed by atoms with Crippen molar-refractivity contribution >= 4 is 11.4 Å². The fraction of sp³-hybridized carbons (Fsp3) is 0.250. The van der Waals surface area contributed by atoms with Crippen LogP contribution in [0.4, 0.5) is 5.69 Å². The summed E-state index contributed by atoms with van der Waals surface area (Å²) in [6.45, 7) is 5.78. The van der Waals surface area contributed by atoms with E-state index in [1.165, 1.54) is 5.56 Å². The van der Waals surface area contributed by atoms with Crippen molar-refractivity contribution in [2.75, 3.05) is 5.32 Å². The van der Waals surface area contributed by atoms with E-state index >= 15 is 0 Å². The molecule has 0 bridgehead atoms. The summed E-state index contributed by atoms with van der Waals surface area (Å²) in [5, 5.41) is 10.5. The van der Waals surface area contributed by atoms with Gasteiger partial charge in [-0.15, -0.1) is 0 Å². The molecule has 0 amide bonds. The number of nitrogens with one attached hydrogen (secondary N) is 2. The Morgan fingerprint density at radius 2 is 1.79 bits per heavy atom. The second-order valence-electron chi connectivity index (χ2n) is 3.50. The van der Waals surface area contributed by atoms with E-state index in [2.05, 4.69) is 24.4 Å². The van der Waals surface area contributed by atoms with Gasteiger partial charge in [-0.3, -0.25) is 0 Å². The SMILES string of the molecule is CC(=N)/C=C(/C)Nc1ccc(C)cc1. The Morgan fingerprint density at radius 1 is 1.21 bits per heavy atom. The van der Waals surface area contributed by atoms with Crippen LogP contribution in [0.2, 0.25) is 0 Å². The molecule has 0 aliphatic rings. The predicted molar refractivity (Wildman–Crippen MR) is 62.0 cm³/mol. The zero-order valence-corrected chi connectivity index (χ0v) is 8.89. The van der Waals surface area contributed by atoms with Gasteiger partial charge in [0.15, 0.2) is 0 Å². The summed E-state index contributed by atoms with van der Waals surface area (Å²) in [6.07, 6.45) is 1.81. The van der Waals surface area contributed by atoms with E-state index in [1.54, 1.807) is 13.0 Å². The summed E-state index contributed by atoms with van der Waals surface area (Å²) < 4.78 is 0. The molecule has 0 spiro atoms. The second kappa shape index (κ2) is 4.61. The van der Waals surface area contributed by atoms with Crippen molar-refractivity contribution in [1.29, 1.82) is 5.41 Å². The molecular weight excluding hydrogens is 172 g/mol. The average Bonchev–Trinajstić information content (AvgIpc) is 2.07.